The molecule has 3 aromatic rings. The van der Waals surface area contributed by atoms with E-state index in [0.29, 0.717) is 5.56 Å². The summed E-state index contributed by atoms with van der Waals surface area (Å²) in [6.45, 7) is 0. The molecular weight excluding hydrogens is 344 g/mol. The number of carbonyl (C=O) groups excluding carboxylic acids is 1. The van der Waals surface area contributed by atoms with E-state index in [0.717, 1.165) is 23.3 Å². The van der Waals surface area contributed by atoms with Gasteiger partial charge in [-0.25, -0.2) is 0 Å². The number of H-pyrrole nitrogens is 1. The van der Waals surface area contributed by atoms with Crippen LogP contribution >= 0.6 is 11.3 Å². The molecule has 0 unspecified atom stereocenters. The quantitative estimate of drug-likeness (QED) is 0.739. The molecule has 5 heteroatoms. The van der Waals surface area contributed by atoms with Crippen LogP contribution in [0.15, 0.2) is 58.8 Å². The third kappa shape index (κ3) is 3.48. The van der Waals surface area contributed by atoms with Gasteiger partial charge in [-0.15, -0.1) is 11.3 Å². The van der Waals surface area contributed by atoms with E-state index in [9.17, 15) is 9.59 Å². The molecule has 1 aliphatic carbocycles. The Balaban J connectivity index is 1.66. The van der Waals surface area contributed by atoms with Crippen LogP contribution in [0.2, 0.25) is 0 Å². The minimum atomic E-state index is -0.217. The van der Waals surface area contributed by atoms with E-state index in [1.807, 2.05) is 17.5 Å². The van der Waals surface area contributed by atoms with E-state index >= 15 is 0 Å². The Labute approximate surface area is 155 Å². The van der Waals surface area contributed by atoms with Crippen molar-refractivity contribution in [2.45, 2.75) is 31.7 Å². The largest absolute Gasteiger partial charge is 0.340 e. The van der Waals surface area contributed by atoms with Crippen LogP contribution < -0.4 is 10.9 Å². The van der Waals surface area contributed by atoms with Gasteiger partial charge in [0.1, 0.15) is 0 Å². The number of carbonyl (C=O) groups is 1. The van der Waals surface area contributed by atoms with Gasteiger partial charge in [-0.2, -0.15) is 0 Å². The fourth-order valence-corrected chi connectivity index (χ4v) is 4.28. The highest BCUT2D eigenvalue weighted by Gasteiger charge is 2.20. The van der Waals surface area contributed by atoms with Crippen molar-refractivity contribution in [3.63, 3.8) is 0 Å². The number of aromatic amines is 1. The minimum Gasteiger partial charge on any atom is -0.340 e. The number of nitrogens with one attached hydrogen (secondary N) is 2. The van der Waals surface area contributed by atoms with Gasteiger partial charge in [0.05, 0.1) is 11.6 Å². The number of pyridine rings is 1. The van der Waals surface area contributed by atoms with E-state index in [-0.39, 0.29) is 17.5 Å². The molecule has 0 spiro atoms. The van der Waals surface area contributed by atoms with E-state index in [2.05, 4.69) is 28.5 Å². The zero-order valence-electron chi connectivity index (χ0n) is 14.3. The first kappa shape index (κ1) is 16.8. The Morgan fingerprint density at radius 2 is 1.92 bits per heavy atom. The van der Waals surface area contributed by atoms with Gasteiger partial charge >= 0.3 is 0 Å². The summed E-state index contributed by atoms with van der Waals surface area (Å²) in [5, 5.41) is 5.15. The number of amides is 1. The highest BCUT2D eigenvalue weighted by Crippen LogP contribution is 2.30. The normalized spacial score (nSPS) is 14.5. The topological polar surface area (TPSA) is 62.0 Å². The molecule has 4 rings (SSSR count). The Morgan fingerprint density at radius 3 is 2.65 bits per heavy atom. The molecule has 1 aliphatic rings. The fourth-order valence-electron chi connectivity index (χ4n) is 3.47. The molecule has 0 bridgehead atoms. The molecule has 2 heterocycles. The maximum Gasteiger partial charge on any atom is 0.253 e. The molecule has 26 heavy (non-hydrogen) atoms. The Kier molecular flexibility index (Phi) is 4.71. The van der Waals surface area contributed by atoms with Crippen LogP contribution in [0, 0.1) is 0 Å². The number of benzene rings is 1. The lowest BCUT2D eigenvalue weighted by Crippen LogP contribution is -2.29. The number of hydrogen-bond acceptors (Lipinski definition) is 3. The number of aryl methyl sites for hydroxylation is 2. The van der Waals surface area contributed by atoms with Crippen molar-refractivity contribution in [2.75, 3.05) is 0 Å². The van der Waals surface area contributed by atoms with E-state index in [1.165, 1.54) is 36.2 Å². The summed E-state index contributed by atoms with van der Waals surface area (Å²) in [6.07, 6.45) is 6.18. The van der Waals surface area contributed by atoms with Gasteiger partial charge in [-0.05, 0) is 59.9 Å². The lowest BCUT2D eigenvalue weighted by atomic mass is 9.89. The first-order chi connectivity index (χ1) is 12.7. The second kappa shape index (κ2) is 7.30. The molecule has 1 atom stereocenters. The highest BCUT2D eigenvalue weighted by atomic mass is 32.1. The van der Waals surface area contributed by atoms with Crippen molar-refractivity contribution < 1.29 is 4.79 Å². The van der Waals surface area contributed by atoms with Crippen molar-refractivity contribution in [3.05, 3.63) is 91.5 Å². The van der Waals surface area contributed by atoms with Crippen LogP contribution in [-0.4, -0.2) is 10.9 Å². The Hall–Kier alpha value is -2.66. The van der Waals surface area contributed by atoms with Crippen molar-refractivity contribution in [1.82, 2.24) is 10.3 Å². The third-order valence-electron chi connectivity index (χ3n) is 4.86. The molecule has 0 radical (unpaired) electrons. The van der Waals surface area contributed by atoms with E-state index in [1.54, 1.807) is 17.4 Å². The van der Waals surface area contributed by atoms with Crippen LogP contribution in [0.3, 0.4) is 0 Å². The molecule has 2 N–H and O–H groups in total. The zero-order chi connectivity index (χ0) is 17.9. The van der Waals surface area contributed by atoms with Crippen LogP contribution in [0.5, 0.6) is 0 Å². The van der Waals surface area contributed by atoms with Crippen molar-refractivity contribution in [2.24, 2.45) is 0 Å². The van der Waals surface area contributed by atoms with Gasteiger partial charge in [-0.1, -0.05) is 24.3 Å². The zero-order valence-corrected chi connectivity index (χ0v) is 15.1. The SMILES string of the molecule is O=C(N[C@H](c1ccc2c(c1)CCCC2)c1cccs1)c1ccc(=O)[nH]c1. The Bertz CT molecular complexity index is 955. The maximum atomic E-state index is 12.7. The summed E-state index contributed by atoms with van der Waals surface area (Å²) < 4.78 is 0. The fraction of sp³-hybridized carbons (Fsp3) is 0.238. The smallest absolute Gasteiger partial charge is 0.253 e. The van der Waals surface area contributed by atoms with Gasteiger partial charge in [0.2, 0.25) is 5.56 Å². The maximum absolute atomic E-state index is 12.7. The van der Waals surface area contributed by atoms with Crippen LogP contribution in [0.1, 0.15) is 50.8 Å². The summed E-state index contributed by atoms with van der Waals surface area (Å²) in [5.41, 5.74) is 4.16. The lowest BCUT2D eigenvalue weighted by Gasteiger charge is -2.22. The molecule has 2 aromatic heterocycles. The average Bonchev–Trinajstić information content (AvgIpc) is 3.20. The van der Waals surface area contributed by atoms with Crippen LogP contribution in [0.4, 0.5) is 0 Å². The molecule has 0 saturated heterocycles. The molecular formula is C21H20N2O2S. The van der Waals surface area contributed by atoms with Gasteiger partial charge in [0.25, 0.3) is 5.91 Å². The number of thiophene rings is 1. The van der Waals surface area contributed by atoms with Gasteiger partial charge in [0, 0.05) is 17.1 Å². The lowest BCUT2D eigenvalue weighted by molar-refractivity contribution is 0.0943. The molecule has 1 amide bonds. The molecule has 0 saturated carbocycles. The molecule has 0 aliphatic heterocycles. The number of fused-ring (bicyclic) bond motifs is 1. The molecule has 4 nitrogen and oxygen atoms in total. The van der Waals surface area contributed by atoms with Crippen LogP contribution in [0.25, 0.3) is 0 Å². The summed E-state index contributed by atoms with van der Waals surface area (Å²) in [4.78, 5) is 27.6. The summed E-state index contributed by atoms with van der Waals surface area (Å²) >= 11 is 1.63. The van der Waals surface area contributed by atoms with E-state index < -0.39 is 0 Å². The summed E-state index contributed by atoms with van der Waals surface area (Å²) in [5.74, 6) is -0.197. The number of aromatic nitrogens is 1. The number of rotatable bonds is 4. The molecule has 0 fully saturated rings. The molecule has 1 aromatic carbocycles. The second-order valence-electron chi connectivity index (χ2n) is 6.60. The first-order valence-electron chi connectivity index (χ1n) is 8.85. The van der Waals surface area contributed by atoms with Crippen molar-refractivity contribution in [1.29, 1.82) is 0 Å². The highest BCUT2D eigenvalue weighted by molar-refractivity contribution is 7.10. The van der Waals surface area contributed by atoms with Crippen molar-refractivity contribution >= 4 is 17.2 Å². The first-order valence-corrected chi connectivity index (χ1v) is 9.73. The Morgan fingerprint density at radius 1 is 1.08 bits per heavy atom. The van der Waals surface area contributed by atoms with Gasteiger partial charge in [-0.3, -0.25) is 9.59 Å². The van der Waals surface area contributed by atoms with Gasteiger partial charge in [0.15, 0.2) is 0 Å². The van der Waals surface area contributed by atoms with Gasteiger partial charge < -0.3 is 10.3 Å². The number of hydrogen-bond donors (Lipinski definition) is 2. The summed E-state index contributed by atoms with van der Waals surface area (Å²) in [7, 11) is 0. The third-order valence-corrected chi connectivity index (χ3v) is 5.79. The van der Waals surface area contributed by atoms with E-state index in [4.69, 9.17) is 0 Å². The monoisotopic (exact) mass is 364 g/mol. The predicted octanol–water partition coefficient (Wildman–Crippen LogP) is 3.83. The minimum absolute atomic E-state index is 0.193. The van der Waals surface area contributed by atoms with Crippen molar-refractivity contribution in [3.8, 4) is 0 Å². The predicted molar refractivity (Wildman–Crippen MR) is 104 cm³/mol. The van der Waals surface area contributed by atoms with Crippen LogP contribution in [-0.2, 0) is 12.8 Å². The summed E-state index contributed by atoms with van der Waals surface area (Å²) in [6, 6.07) is 13.3. The second-order valence-corrected chi connectivity index (χ2v) is 7.58. The standard InChI is InChI=1S/C21H20N2O2S/c24-19-10-9-17(13-22-19)21(25)23-20(18-6-3-11-26-18)16-8-7-14-4-1-2-5-15(14)12-16/h3,6-13,20H,1-2,4-5H2,(H,22,24)(H,23,25)/t20-/m1/s1. The average molecular weight is 364 g/mol. The molecule has 132 valence electrons.